The molecule has 1 rings (SSSR count). The number of hydrogen-bond acceptors (Lipinski definition) is 6. The number of ether oxygens (including phenoxy) is 3. The summed E-state index contributed by atoms with van der Waals surface area (Å²) in [5.74, 6) is -1.47. The Labute approximate surface area is 172 Å². The number of carbonyl (C=O) groups excluding carboxylic acids is 2. The first-order valence-electron chi connectivity index (χ1n) is 9.20. The lowest BCUT2D eigenvalue weighted by molar-refractivity contribution is -0.137. The van der Waals surface area contributed by atoms with Crippen LogP contribution in [-0.4, -0.2) is 42.4 Å². The van der Waals surface area contributed by atoms with Crippen molar-refractivity contribution < 1.29 is 33.3 Å². The molecule has 0 aliphatic carbocycles. The van der Waals surface area contributed by atoms with Crippen LogP contribution in [0.5, 0.6) is 5.75 Å². The molecule has 164 valence electrons. The van der Waals surface area contributed by atoms with E-state index in [0.717, 1.165) is 6.07 Å². The summed E-state index contributed by atoms with van der Waals surface area (Å²) in [5.41, 5.74) is -0.714. The summed E-state index contributed by atoms with van der Waals surface area (Å²) in [7, 11) is -0.928. The summed E-state index contributed by atoms with van der Waals surface area (Å²) in [4.78, 5) is 23.9. The molecule has 0 fully saturated rings. The van der Waals surface area contributed by atoms with Crippen LogP contribution in [0.3, 0.4) is 0 Å². The van der Waals surface area contributed by atoms with Crippen LogP contribution in [0.25, 0.3) is 0 Å². The first-order valence-corrected chi connectivity index (χ1v) is 11.2. The molecular weight excluding hydrogens is 400 g/mol. The van der Waals surface area contributed by atoms with Gasteiger partial charge in [-0.15, -0.1) is 0 Å². The molecule has 0 radical (unpaired) electrons. The second kappa shape index (κ2) is 10.9. The van der Waals surface area contributed by atoms with Gasteiger partial charge in [-0.2, -0.15) is 0 Å². The van der Waals surface area contributed by atoms with Crippen LogP contribution >= 0.6 is 8.07 Å². The number of carbonyl (C=O) groups is 2. The van der Waals surface area contributed by atoms with Gasteiger partial charge in [-0.1, -0.05) is 19.9 Å². The molecule has 0 heterocycles. The van der Waals surface area contributed by atoms with E-state index in [0.29, 0.717) is 11.9 Å². The molecule has 0 saturated carbocycles. The average Bonchev–Trinajstić information content (AvgIpc) is 2.53. The van der Waals surface area contributed by atoms with E-state index in [-0.39, 0.29) is 25.4 Å². The fourth-order valence-electron chi connectivity index (χ4n) is 2.27. The lowest BCUT2D eigenvalue weighted by Crippen LogP contribution is -2.31. The molecule has 1 amide bonds. The Morgan fingerprint density at radius 1 is 1.21 bits per heavy atom. The summed E-state index contributed by atoms with van der Waals surface area (Å²) in [6.45, 7) is 10.8. The van der Waals surface area contributed by atoms with E-state index in [4.69, 9.17) is 19.3 Å². The highest BCUT2D eigenvalue weighted by Gasteiger charge is 2.25. The van der Waals surface area contributed by atoms with Gasteiger partial charge in [-0.05, 0) is 50.5 Å². The van der Waals surface area contributed by atoms with Crippen molar-refractivity contribution in [1.29, 1.82) is 0 Å². The molecule has 29 heavy (non-hydrogen) atoms. The summed E-state index contributed by atoms with van der Waals surface area (Å²) in [5, 5.41) is 11.7. The highest BCUT2D eigenvalue weighted by Crippen LogP contribution is 2.29. The normalized spacial score (nSPS) is 13.0. The molecular formula is C20H31FNO6P. The predicted octanol–water partition coefficient (Wildman–Crippen LogP) is 4.17. The van der Waals surface area contributed by atoms with Crippen LogP contribution in [0, 0.1) is 11.2 Å². The van der Waals surface area contributed by atoms with E-state index in [2.05, 4.69) is 5.09 Å². The fourth-order valence-corrected chi connectivity index (χ4v) is 3.06. The molecule has 0 aliphatic heterocycles. The van der Waals surface area contributed by atoms with Crippen LogP contribution in [-0.2, 0) is 20.9 Å². The minimum atomic E-state index is -0.928. The Kier molecular flexibility index (Phi) is 9.46. The minimum Gasteiger partial charge on any atom is -0.444 e. The van der Waals surface area contributed by atoms with Crippen LogP contribution in [0.15, 0.2) is 18.2 Å². The van der Waals surface area contributed by atoms with Crippen molar-refractivity contribution in [1.82, 2.24) is 5.09 Å². The summed E-state index contributed by atoms with van der Waals surface area (Å²) >= 11 is 0. The van der Waals surface area contributed by atoms with Gasteiger partial charge in [0.15, 0.2) is 11.6 Å². The number of nitrogens with one attached hydrogen (secondary N) is 1. The Morgan fingerprint density at radius 2 is 1.86 bits per heavy atom. The van der Waals surface area contributed by atoms with Crippen LogP contribution in [0.2, 0.25) is 0 Å². The molecule has 1 aromatic carbocycles. The van der Waals surface area contributed by atoms with Gasteiger partial charge in [-0.3, -0.25) is 9.88 Å². The van der Waals surface area contributed by atoms with Gasteiger partial charge in [-0.25, -0.2) is 9.18 Å². The third kappa shape index (κ3) is 10.5. The molecule has 0 saturated heterocycles. The summed E-state index contributed by atoms with van der Waals surface area (Å²) in [6, 6.07) is 3.92. The van der Waals surface area contributed by atoms with Gasteiger partial charge in [0, 0.05) is 8.07 Å². The molecule has 2 N–H and O–H groups in total. The molecule has 0 bridgehead atoms. The quantitative estimate of drug-likeness (QED) is 0.346. The van der Waals surface area contributed by atoms with Gasteiger partial charge in [0.05, 0.1) is 26.0 Å². The number of rotatable bonds is 9. The molecule has 0 spiro atoms. The SMILES string of the molecule is CP(COCC(C)(C)CC(=O)Oc1ccc(CO)cc1F)NC(=O)OC(C)(C)C. The predicted molar refractivity (Wildman–Crippen MR) is 109 cm³/mol. The minimum absolute atomic E-state index is 0.0231. The lowest BCUT2D eigenvalue weighted by Gasteiger charge is -2.25. The maximum Gasteiger partial charge on any atom is 0.410 e. The fraction of sp³-hybridized carbons (Fsp3) is 0.600. The van der Waals surface area contributed by atoms with Crippen LogP contribution < -0.4 is 9.82 Å². The number of aliphatic hydroxyl groups is 1. The summed E-state index contributed by atoms with van der Waals surface area (Å²) in [6.07, 6.45) is -0.161. The third-order valence-corrected chi connectivity index (χ3v) is 4.62. The molecule has 1 atom stereocenters. The number of amides is 1. The first kappa shape index (κ1) is 25.3. The van der Waals surface area contributed by atoms with Gasteiger partial charge < -0.3 is 19.3 Å². The van der Waals surface area contributed by atoms with Gasteiger partial charge >= 0.3 is 12.1 Å². The van der Waals surface area contributed by atoms with Gasteiger partial charge in [0.2, 0.25) is 0 Å². The second-order valence-electron chi connectivity index (χ2n) is 8.53. The average molecular weight is 431 g/mol. The topological polar surface area (TPSA) is 94.1 Å². The van der Waals surface area contributed by atoms with E-state index in [1.165, 1.54) is 12.1 Å². The maximum atomic E-state index is 13.9. The number of aliphatic hydroxyl groups excluding tert-OH is 1. The van der Waals surface area contributed by atoms with Crippen molar-refractivity contribution in [2.45, 2.75) is 53.2 Å². The number of halogens is 1. The highest BCUT2D eigenvalue weighted by molar-refractivity contribution is 7.55. The standard InChI is InChI=1S/C20H31FNO6P/c1-19(2,3)28-18(25)22-29(6)13-26-12-20(4,5)10-17(24)27-16-8-7-14(11-23)9-15(16)21/h7-9,23H,10-13H2,1-6H3,(H,22,25). The first-order chi connectivity index (χ1) is 13.3. The number of hydrogen-bond donors (Lipinski definition) is 2. The van der Waals surface area contributed by atoms with E-state index in [9.17, 15) is 14.0 Å². The second-order valence-corrected chi connectivity index (χ2v) is 10.4. The monoisotopic (exact) mass is 431 g/mol. The summed E-state index contributed by atoms with van der Waals surface area (Å²) < 4.78 is 29.8. The Hall–Kier alpha value is -1.76. The van der Waals surface area contributed by atoms with E-state index < -0.39 is 37.0 Å². The van der Waals surface area contributed by atoms with Crippen molar-refractivity contribution >= 4 is 20.1 Å². The van der Waals surface area contributed by atoms with E-state index in [1.54, 1.807) is 20.8 Å². The number of esters is 1. The largest absolute Gasteiger partial charge is 0.444 e. The van der Waals surface area contributed by atoms with Crippen LogP contribution in [0.4, 0.5) is 9.18 Å². The molecule has 9 heteroatoms. The smallest absolute Gasteiger partial charge is 0.410 e. The Morgan fingerprint density at radius 3 is 2.41 bits per heavy atom. The molecule has 1 aromatic rings. The zero-order valence-electron chi connectivity index (χ0n) is 17.9. The lowest BCUT2D eigenvalue weighted by atomic mass is 9.91. The van der Waals surface area contributed by atoms with Crippen molar-refractivity contribution in [3.63, 3.8) is 0 Å². The molecule has 0 aliphatic rings. The maximum absolute atomic E-state index is 13.9. The van der Waals surface area contributed by atoms with E-state index in [1.807, 2.05) is 20.5 Å². The Balaban J connectivity index is 2.42. The number of benzene rings is 1. The molecule has 1 unspecified atom stereocenters. The highest BCUT2D eigenvalue weighted by atomic mass is 31.1. The van der Waals surface area contributed by atoms with Crippen molar-refractivity contribution in [2.75, 3.05) is 19.6 Å². The third-order valence-electron chi connectivity index (χ3n) is 3.48. The van der Waals surface area contributed by atoms with Crippen molar-refractivity contribution in [2.24, 2.45) is 5.41 Å². The van der Waals surface area contributed by atoms with Gasteiger partial charge in [0.25, 0.3) is 0 Å². The molecule has 0 aromatic heterocycles. The van der Waals surface area contributed by atoms with Crippen LogP contribution in [0.1, 0.15) is 46.6 Å². The van der Waals surface area contributed by atoms with E-state index >= 15 is 0 Å². The van der Waals surface area contributed by atoms with Crippen molar-refractivity contribution in [3.8, 4) is 5.75 Å². The Bertz CT molecular complexity index is 705. The zero-order valence-corrected chi connectivity index (χ0v) is 18.8. The zero-order chi connectivity index (χ0) is 22.2. The molecule has 7 nitrogen and oxygen atoms in total. The van der Waals surface area contributed by atoms with Gasteiger partial charge in [0.1, 0.15) is 5.60 Å². The van der Waals surface area contributed by atoms with Crippen molar-refractivity contribution in [3.05, 3.63) is 29.6 Å².